The fourth-order valence-electron chi connectivity index (χ4n) is 1.73. The highest BCUT2D eigenvalue weighted by Gasteiger charge is 2.06. The molecule has 0 unspecified atom stereocenters. The Kier molecular flexibility index (Phi) is 4.70. The van der Waals surface area contributed by atoms with Crippen LogP contribution in [0.25, 0.3) is 0 Å². The van der Waals surface area contributed by atoms with Gasteiger partial charge in [0.1, 0.15) is 0 Å². The molecule has 0 bridgehead atoms. The highest BCUT2D eigenvalue weighted by molar-refractivity contribution is 7.98. The van der Waals surface area contributed by atoms with Crippen LogP contribution in [0, 0.1) is 0 Å². The highest BCUT2D eigenvalue weighted by atomic mass is 35.5. The quantitative estimate of drug-likeness (QED) is 0.823. The molecule has 0 aromatic heterocycles. The van der Waals surface area contributed by atoms with Crippen molar-refractivity contribution in [2.45, 2.75) is 23.6 Å². The minimum atomic E-state index is 0.0684. The molecule has 2 aromatic rings. The molecule has 2 aromatic carbocycles. The van der Waals surface area contributed by atoms with Crippen LogP contribution in [0.1, 0.15) is 24.1 Å². The number of benzene rings is 2. The lowest BCUT2D eigenvalue weighted by atomic mass is 10.1. The third-order valence-corrected chi connectivity index (χ3v) is 4.13. The Morgan fingerprint density at radius 1 is 1.11 bits per heavy atom. The molecule has 0 aliphatic heterocycles. The van der Waals surface area contributed by atoms with E-state index in [1.807, 2.05) is 36.9 Å². The molecule has 0 saturated carbocycles. The third kappa shape index (κ3) is 3.52. The van der Waals surface area contributed by atoms with Gasteiger partial charge in [-0.25, -0.2) is 0 Å². The van der Waals surface area contributed by atoms with Crippen molar-refractivity contribution in [3.8, 4) is 0 Å². The Morgan fingerprint density at radius 2 is 1.78 bits per heavy atom. The molecule has 0 amide bonds. The van der Waals surface area contributed by atoms with Gasteiger partial charge in [0.05, 0.1) is 0 Å². The molecule has 3 heteroatoms. The Bertz CT molecular complexity index is 508. The number of thioether (sulfide) groups is 1. The lowest BCUT2D eigenvalue weighted by Crippen LogP contribution is -2.06. The number of hydrogen-bond acceptors (Lipinski definition) is 2. The first-order valence-electron chi connectivity index (χ1n) is 5.88. The summed E-state index contributed by atoms with van der Waals surface area (Å²) in [7, 11) is 0. The van der Waals surface area contributed by atoms with Crippen molar-refractivity contribution in [2.24, 2.45) is 5.73 Å². The van der Waals surface area contributed by atoms with E-state index in [9.17, 15) is 0 Å². The summed E-state index contributed by atoms with van der Waals surface area (Å²) in [6.45, 7) is 2.02. The van der Waals surface area contributed by atoms with Gasteiger partial charge in [0.25, 0.3) is 0 Å². The van der Waals surface area contributed by atoms with E-state index < -0.39 is 0 Å². The second-order valence-electron chi connectivity index (χ2n) is 4.24. The van der Waals surface area contributed by atoms with Crippen LogP contribution in [0.4, 0.5) is 0 Å². The summed E-state index contributed by atoms with van der Waals surface area (Å²) >= 11 is 7.68. The fraction of sp³-hybridized carbons (Fsp3) is 0.200. The van der Waals surface area contributed by atoms with Crippen LogP contribution in [0.15, 0.2) is 53.4 Å². The van der Waals surface area contributed by atoms with E-state index in [0.29, 0.717) is 0 Å². The summed E-state index contributed by atoms with van der Waals surface area (Å²) in [5, 5.41) is 0.778. The van der Waals surface area contributed by atoms with E-state index in [1.54, 1.807) is 0 Å². The molecule has 1 atom stereocenters. The van der Waals surface area contributed by atoms with Gasteiger partial charge in [-0.2, -0.15) is 0 Å². The van der Waals surface area contributed by atoms with Crippen molar-refractivity contribution >= 4 is 23.4 Å². The number of rotatable bonds is 4. The zero-order chi connectivity index (χ0) is 13.0. The molecule has 1 nitrogen and oxygen atoms in total. The zero-order valence-electron chi connectivity index (χ0n) is 10.3. The van der Waals surface area contributed by atoms with Crippen LogP contribution in [0.3, 0.4) is 0 Å². The first-order valence-corrected chi connectivity index (χ1v) is 7.25. The summed E-state index contributed by atoms with van der Waals surface area (Å²) in [5.41, 5.74) is 8.45. The molecule has 0 fully saturated rings. The maximum atomic E-state index is 5.97. The third-order valence-electron chi connectivity index (χ3n) is 2.72. The average Bonchev–Trinajstić information content (AvgIpc) is 2.38. The molecule has 94 valence electrons. The first-order chi connectivity index (χ1) is 8.66. The van der Waals surface area contributed by atoms with Gasteiger partial charge in [-0.05, 0) is 36.2 Å². The topological polar surface area (TPSA) is 26.0 Å². The van der Waals surface area contributed by atoms with Gasteiger partial charge in [-0.3, -0.25) is 0 Å². The lowest BCUT2D eigenvalue weighted by molar-refractivity contribution is 0.797. The van der Waals surface area contributed by atoms with E-state index in [-0.39, 0.29) is 6.04 Å². The molecule has 18 heavy (non-hydrogen) atoms. The Morgan fingerprint density at radius 3 is 2.44 bits per heavy atom. The summed E-state index contributed by atoms with van der Waals surface area (Å²) < 4.78 is 0. The van der Waals surface area contributed by atoms with Crippen LogP contribution < -0.4 is 5.73 Å². The van der Waals surface area contributed by atoms with Crippen molar-refractivity contribution in [1.82, 2.24) is 0 Å². The van der Waals surface area contributed by atoms with Crippen molar-refractivity contribution < 1.29 is 0 Å². The van der Waals surface area contributed by atoms with E-state index in [4.69, 9.17) is 17.3 Å². The molecule has 0 saturated heterocycles. The summed E-state index contributed by atoms with van der Waals surface area (Å²) in [6, 6.07) is 16.3. The maximum Gasteiger partial charge on any atom is 0.0406 e. The minimum absolute atomic E-state index is 0.0684. The molecule has 2 rings (SSSR count). The van der Waals surface area contributed by atoms with E-state index >= 15 is 0 Å². The average molecular weight is 278 g/mol. The normalized spacial score (nSPS) is 12.4. The predicted molar refractivity (Wildman–Crippen MR) is 80.1 cm³/mol. The van der Waals surface area contributed by atoms with Crippen molar-refractivity contribution in [2.75, 3.05) is 0 Å². The molecule has 0 aliphatic rings. The monoisotopic (exact) mass is 277 g/mol. The van der Waals surface area contributed by atoms with Gasteiger partial charge in [0.15, 0.2) is 0 Å². The van der Waals surface area contributed by atoms with Crippen LogP contribution in [0.2, 0.25) is 5.02 Å². The van der Waals surface area contributed by atoms with E-state index in [2.05, 4.69) is 30.3 Å². The van der Waals surface area contributed by atoms with Crippen molar-refractivity contribution in [3.05, 3.63) is 64.7 Å². The smallest absolute Gasteiger partial charge is 0.0406 e. The number of hydrogen-bond donors (Lipinski definition) is 1. The van der Waals surface area contributed by atoms with E-state index in [1.165, 1.54) is 16.0 Å². The summed E-state index contributed by atoms with van der Waals surface area (Å²) in [4.78, 5) is 1.25. The molecule has 0 heterocycles. The Balaban J connectivity index is 2.08. The number of nitrogens with two attached hydrogens (primary N) is 1. The second-order valence-corrected chi connectivity index (χ2v) is 5.70. The molecule has 0 spiro atoms. The Hall–Kier alpha value is -0.960. The van der Waals surface area contributed by atoms with Gasteiger partial charge >= 0.3 is 0 Å². The number of halogens is 1. The molecular formula is C15H16ClNS. The maximum absolute atomic E-state index is 5.97. The van der Waals surface area contributed by atoms with Crippen LogP contribution >= 0.6 is 23.4 Å². The minimum Gasteiger partial charge on any atom is -0.324 e. The summed E-state index contributed by atoms with van der Waals surface area (Å²) in [6.07, 6.45) is 0. The second kappa shape index (κ2) is 6.28. The molecule has 2 N–H and O–H groups in total. The van der Waals surface area contributed by atoms with Crippen molar-refractivity contribution in [1.29, 1.82) is 0 Å². The predicted octanol–water partition coefficient (Wildman–Crippen LogP) is 4.65. The standard InChI is InChI=1S/C15H16ClNS/c1-11(17)14-4-2-3-5-15(14)18-10-12-6-8-13(16)9-7-12/h2-9,11H,10,17H2,1H3/t11-/m0/s1. The van der Waals surface area contributed by atoms with Gasteiger partial charge < -0.3 is 5.73 Å². The van der Waals surface area contributed by atoms with Gasteiger partial charge in [-0.15, -0.1) is 11.8 Å². The fourth-order valence-corrected chi connectivity index (χ4v) is 2.97. The lowest BCUT2D eigenvalue weighted by Gasteiger charge is -2.12. The first kappa shape index (κ1) is 13.5. The largest absolute Gasteiger partial charge is 0.324 e. The van der Waals surface area contributed by atoms with Crippen LogP contribution in [0.5, 0.6) is 0 Å². The van der Waals surface area contributed by atoms with Gasteiger partial charge in [0.2, 0.25) is 0 Å². The van der Waals surface area contributed by atoms with Gasteiger partial charge in [0, 0.05) is 21.7 Å². The molecule has 0 radical (unpaired) electrons. The van der Waals surface area contributed by atoms with Crippen LogP contribution in [-0.4, -0.2) is 0 Å². The highest BCUT2D eigenvalue weighted by Crippen LogP contribution is 2.29. The SMILES string of the molecule is C[C@H](N)c1ccccc1SCc1ccc(Cl)cc1. The molecular weight excluding hydrogens is 262 g/mol. The molecule has 0 aliphatic carbocycles. The summed E-state index contributed by atoms with van der Waals surface area (Å²) in [5.74, 6) is 0.931. The van der Waals surface area contributed by atoms with Gasteiger partial charge in [-0.1, -0.05) is 41.9 Å². The van der Waals surface area contributed by atoms with Crippen molar-refractivity contribution in [3.63, 3.8) is 0 Å². The van der Waals surface area contributed by atoms with Crippen LogP contribution in [-0.2, 0) is 5.75 Å². The van der Waals surface area contributed by atoms with E-state index in [0.717, 1.165) is 10.8 Å². The Labute approximate surface area is 117 Å². The zero-order valence-corrected chi connectivity index (χ0v) is 11.8.